The molecule has 1 atom stereocenters. The SMILES string of the molecule is Cc1ccc(-c2cn[nH]c2[C@@H]2CCCN(Cc3cn[nH]c3C(=O)O)C2)cc1. The maximum absolute atomic E-state index is 11.3. The fraction of sp³-hybridized carbons (Fsp3) is 0.350. The van der Waals surface area contributed by atoms with Crippen molar-refractivity contribution in [3.63, 3.8) is 0 Å². The van der Waals surface area contributed by atoms with E-state index in [1.807, 2.05) is 6.20 Å². The van der Waals surface area contributed by atoms with Crippen molar-refractivity contribution in [2.24, 2.45) is 0 Å². The molecule has 0 amide bonds. The number of rotatable bonds is 5. The molecule has 27 heavy (non-hydrogen) atoms. The van der Waals surface area contributed by atoms with Gasteiger partial charge in [0, 0.05) is 35.8 Å². The van der Waals surface area contributed by atoms with E-state index >= 15 is 0 Å². The summed E-state index contributed by atoms with van der Waals surface area (Å²) in [6.07, 6.45) is 5.67. The van der Waals surface area contributed by atoms with Crippen LogP contribution in [0, 0.1) is 6.92 Å². The molecule has 2 aromatic heterocycles. The average molecular weight is 365 g/mol. The topological polar surface area (TPSA) is 97.9 Å². The molecule has 0 radical (unpaired) electrons. The lowest BCUT2D eigenvalue weighted by molar-refractivity contribution is 0.0687. The van der Waals surface area contributed by atoms with Crippen molar-refractivity contribution in [1.29, 1.82) is 0 Å². The van der Waals surface area contributed by atoms with Gasteiger partial charge in [-0.15, -0.1) is 0 Å². The van der Waals surface area contributed by atoms with Crippen LogP contribution in [-0.4, -0.2) is 49.5 Å². The normalized spacial score (nSPS) is 17.9. The Bertz CT molecular complexity index is 928. The van der Waals surface area contributed by atoms with E-state index in [0.717, 1.165) is 42.8 Å². The second kappa shape index (κ2) is 7.36. The molecule has 140 valence electrons. The summed E-state index contributed by atoms with van der Waals surface area (Å²) < 4.78 is 0. The molecule has 3 heterocycles. The lowest BCUT2D eigenvalue weighted by Crippen LogP contribution is -2.34. The highest BCUT2D eigenvalue weighted by Crippen LogP contribution is 2.33. The number of carboxylic acid groups (broad SMARTS) is 1. The number of likely N-dealkylation sites (tertiary alicyclic amines) is 1. The van der Waals surface area contributed by atoms with Gasteiger partial charge in [0.1, 0.15) is 5.69 Å². The molecule has 0 unspecified atom stereocenters. The molecule has 0 bridgehead atoms. The second-order valence-corrected chi connectivity index (χ2v) is 7.21. The zero-order valence-electron chi connectivity index (χ0n) is 15.3. The van der Waals surface area contributed by atoms with Crippen LogP contribution < -0.4 is 0 Å². The van der Waals surface area contributed by atoms with Gasteiger partial charge in [-0.05, 0) is 31.9 Å². The molecule has 1 fully saturated rings. The van der Waals surface area contributed by atoms with Crippen LogP contribution in [0.5, 0.6) is 0 Å². The van der Waals surface area contributed by atoms with Crippen LogP contribution in [-0.2, 0) is 6.54 Å². The summed E-state index contributed by atoms with van der Waals surface area (Å²) in [6.45, 7) is 4.49. The van der Waals surface area contributed by atoms with Crippen LogP contribution in [0.1, 0.15) is 46.1 Å². The molecule has 0 spiro atoms. The van der Waals surface area contributed by atoms with Crippen LogP contribution >= 0.6 is 0 Å². The van der Waals surface area contributed by atoms with Crippen molar-refractivity contribution in [2.45, 2.75) is 32.2 Å². The smallest absolute Gasteiger partial charge is 0.354 e. The number of aromatic amines is 2. The number of nitrogens with one attached hydrogen (secondary N) is 2. The summed E-state index contributed by atoms with van der Waals surface area (Å²) >= 11 is 0. The average Bonchev–Trinajstić information content (AvgIpc) is 3.32. The summed E-state index contributed by atoms with van der Waals surface area (Å²) in [7, 11) is 0. The first kappa shape index (κ1) is 17.5. The largest absolute Gasteiger partial charge is 0.477 e. The molecule has 7 heteroatoms. The molecule has 0 aliphatic carbocycles. The Labute approximate surface area is 157 Å². The van der Waals surface area contributed by atoms with E-state index in [9.17, 15) is 9.90 Å². The van der Waals surface area contributed by atoms with Crippen LogP contribution in [0.2, 0.25) is 0 Å². The molecular weight excluding hydrogens is 342 g/mol. The first-order chi connectivity index (χ1) is 13.1. The highest BCUT2D eigenvalue weighted by molar-refractivity contribution is 5.86. The molecule has 1 aliphatic rings. The first-order valence-electron chi connectivity index (χ1n) is 9.20. The summed E-state index contributed by atoms with van der Waals surface area (Å²) in [4.78, 5) is 13.6. The highest BCUT2D eigenvalue weighted by Gasteiger charge is 2.26. The van der Waals surface area contributed by atoms with Gasteiger partial charge >= 0.3 is 5.97 Å². The van der Waals surface area contributed by atoms with Crippen molar-refractivity contribution in [1.82, 2.24) is 25.3 Å². The maximum Gasteiger partial charge on any atom is 0.354 e. The Hall–Kier alpha value is -2.93. The van der Waals surface area contributed by atoms with Gasteiger partial charge in [0.15, 0.2) is 0 Å². The summed E-state index contributed by atoms with van der Waals surface area (Å²) in [5.41, 5.74) is 5.63. The number of piperidine rings is 1. The van der Waals surface area contributed by atoms with Crippen LogP contribution in [0.25, 0.3) is 11.1 Å². The van der Waals surface area contributed by atoms with Crippen molar-refractivity contribution in [3.8, 4) is 11.1 Å². The van der Waals surface area contributed by atoms with Gasteiger partial charge in [-0.2, -0.15) is 10.2 Å². The number of aryl methyl sites for hydroxylation is 1. The molecule has 1 saturated heterocycles. The number of H-pyrrole nitrogens is 2. The number of carbonyl (C=O) groups is 1. The molecule has 7 nitrogen and oxygen atoms in total. The predicted molar refractivity (Wildman–Crippen MR) is 102 cm³/mol. The Morgan fingerprint density at radius 3 is 2.78 bits per heavy atom. The third kappa shape index (κ3) is 3.64. The van der Waals surface area contributed by atoms with E-state index < -0.39 is 5.97 Å². The number of hydrogen-bond acceptors (Lipinski definition) is 4. The molecule has 4 rings (SSSR count). The minimum Gasteiger partial charge on any atom is -0.477 e. The second-order valence-electron chi connectivity index (χ2n) is 7.21. The Balaban J connectivity index is 1.52. The summed E-state index contributed by atoms with van der Waals surface area (Å²) in [5, 5.41) is 23.2. The molecule has 3 aromatic rings. The number of aromatic nitrogens is 4. The Kier molecular flexibility index (Phi) is 4.77. The minimum atomic E-state index is -0.966. The fourth-order valence-electron chi connectivity index (χ4n) is 3.86. The van der Waals surface area contributed by atoms with Gasteiger partial charge in [0.2, 0.25) is 0 Å². The number of hydrogen-bond donors (Lipinski definition) is 3. The van der Waals surface area contributed by atoms with E-state index in [-0.39, 0.29) is 5.69 Å². The van der Waals surface area contributed by atoms with Gasteiger partial charge in [-0.1, -0.05) is 29.8 Å². The third-order valence-electron chi connectivity index (χ3n) is 5.27. The van der Waals surface area contributed by atoms with E-state index in [1.165, 1.54) is 11.1 Å². The van der Waals surface area contributed by atoms with E-state index in [4.69, 9.17) is 0 Å². The molecule has 3 N–H and O–H groups in total. The lowest BCUT2D eigenvalue weighted by Gasteiger charge is -2.32. The molecular formula is C20H23N5O2. The Morgan fingerprint density at radius 2 is 2.00 bits per heavy atom. The fourth-order valence-corrected chi connectivity index (χ4v) is 3.86. The van der Waals surface area contributed by atoms with Gasteiger partial charge in [-0.25, -0.2) is 4.79 Å². The molecule has 0 saturated carbocycles. The zero-order chi connectivity index (χ0) is 18.8. The highest BCUT2D eigenvalue weighted by atomic mass is 16.4. The number of benzene rings is 1. The zero-order valence-corrected chi connectivity index (χ0v) is 15.3. The maximum atomic E-state index is 11.3. The summed E-state index contributed by atoms with van der Waals surface area (Å²) in [6, 6.07) is 8.50. The molecule has 1 aromatic carbocycles. The predicted octanol–water partition coefficient (Wildman–Crippen LogP) is 3.19. The number of carboxylic acids is 1. The van der Waals surface area contributed by atoms with E-state index in [0.29, 0.717) is 12.5 Å². The van der Waals surface area contributed by atoms with Gasteiger partial charge < -0.3 is 5.11 Å². The third-order valence-corrected chi connectivity index (χ3v) is 5.27. The quantitative estimate of drug-likeness (QED) is 0.645. The standard InChI is InChI=1S/C20H23N5O2/c1-13-4-6-14(7-5-13)17-10-22-23-18(17)15-3-2-8-25(11-15)12-16-9-21-24-19(16)20(26)27/h4-7,9-10,15H,2-3,8,11-12H2,1H3,(H,21,24)(H,22,23)(H,26,27)/t15-/m1/s1. The summed E-state index contributed by atoms with van der Waals surface area (Å²) in [5.74, 6) is -0.621. The van der Waals surface area contributed by atoms with Crippen molar-refractivity contribution < 1.29 is 9.90 Å². The van der Waals surface area contributed by atoms with Crippen LogP contribution in [0.15, 0.2) is 36.7 Å². The first-order valence-corrected chi connectivity index (χ1v) is 9.20. The van der Waals surface area contributed by atoms with Crippen molar-refractivity contribution in [3.05, 3.63) is 59.2 Å². The molecule has 1 aliphatic heterocycles. The van der Waals surface area contributed by atoms with Gasteiger partial charge in [0.05, 0.1) is 12.4 Å². The van der Waals surface area contributed by atoms with Crippen molar-refractivity contribution >= 4 is 5.97 Å². The van der Waals surface area contributed by atoms with Gasteiger partial charge in [0.25, 0.3) is 0 Å². The van der Waals surface area contributed by atoms with Gasteiger partial charge in [-0.3, -0.25) is 15.1 Å². The van der Waals surface area contributed by atoms with Crippen molar-refractivity contribution in [2.75, 3.05) is 13.1 Å². The monoisotopic (exact) mass is 365 g/mol. The van der Waals surface area contributed by atoms with Crippen LogP contribution in [0.3, 0.4) is 0 Å². The minimum absolute atomic E-state index is 0.180. The van der Waals surface area contributed by atoms with Crippen LogP contribution in [0.4, 0.5) is 0 Å². The lowest BCUT2D eigenvalue weighted by atomic mass is 9.90. The number of aromatic carboxylic acids is 1. The Morgan fingerprint density at radius 1 is 1.22 bits per heavy atom. The van der Waals surface area contributed by atoms with E-state index in [1.54, 1.807) is 6.20 Å². The number of nitrogens with zero attached hydrogens (tertiary/aromatic N) is 3. The van der Waals surface area contributed by atoms with E-state index in [2.05, 4.69) is 56.5 Å².